The van der Waals surface area contributed by atoms with Gasteiger partial charge in [-0.1, -0.05) is 61.9 Å². The van der Waals surface area contributed by atoms with E-state index < -0.39 is 6.03 Å². The molecule has 0 spiro atoms. The monoisotopic (exact) mass is 644 g/mol. The number of hydrogen-bond acceptors (Lipinski definition) is 7. The van der Waals surface area contributed by atoms with Crippen LogP contribution in [0.3, 0.4) is 0 Å². The van der Waals surface area contributed by atoms with Crippen molar-refractivity contribution < 1.29 is 19.4 Å². The maximum absolute atomic E-state index is 13.1. The topological polar surface area (TPSA) is 115 Å². The van der Waals surface area contributed by atoms with Gasteiger partial charge in [-0.05, 0) is 43.3 Å². The highest BCUT2D eigenvalue weighted by atomic mass is 35.5. The van der Waals surface area contributed by atoms with E-state index >= 15 is 0 Å². The quantitative estimate of drug-likeness (QED) is 0.147. The molecule has 0 radical (unpaired) electrons. The lowest BCUT2D eigenvalue weighted by atomic mass is 9.92. The van der Waals surface area contributed by atoms with Gasteiger partial charge < -0.3 is 19.9 Å². The largest absolute Gasteiger partial charge is 0.506 e. The van der Waals surface area contributed by atoms with Crippen LogP contribution in [0.15, 0.2) is 72.9 Å². The number of fused-ring (bicyclic) bond motifs is 3. The average molecular weight is 645 g/mol. The number of carbonyl (C=O) groups excluding carboxylic acids is 1. The SMILES string of the molecule is CCOCc1cnc2sc3cc(Oc4ccccc4CNC(=O)Nc4cc(C(C)(C)C)nn4-c4ccc(O)c(Cl)c4)ccc3n12. The van der Waals surface area contributed by atoms with Crippen molar-refractivity contribution in [2.24, 2.45) is 0 Å². The van der Waals surface area contributed by atoms with Crippen LogP contribution in [0.1, 0.15) is 44.6 Å². The summed E-state index contributed by atoms with van der Waals surface area (Å²) in [7, 11) is 0. The number of halogens is 1. The number of amides is 2. The highest BCUT2D eigenvalue weighted by molar-refractivity contribution is 7.23. The summed E-state index contributed by atoms with van der Waals surface area (Å²) in [6.07, 6.45) is 1.85. The van der Waals surface area contributed by atoms with Crippen LogP contribution in [0.2, 0.25) is 5.02 Å². The van der Waals surface area contributed by atoms with Gasteiger partial charge in [-0.3, -0.25) is 9.72 Å². The predicted octanol–water partition coefficient (Wildman–Crippen LogP) is 8.04. The maximum atomic E-state index is 13.1. The smallest absolute Gasteiger partial charge is 0.320 e. The second-order valence-electron chi connectivity index (χ2n) is 11.5. The van der Waals surface area contributed by atoms with Gasteiger partial charge in [-0.15, -0.1) is 0 Å². The molecule has 0 aliphatic rings. The van der Waals surface area contributed by atoms with Crippen molar-refractivity contribution in [1.29, 1.82) is 0 Å². The van der Waals surface area contributed by atoms with Crippen LogP contribution in [0.25, 0.3) is 20.9 Å². The van der Waals surface area contributed by atoms with Crippen LogP contribution in [-0.2, 0) is 23.3 Å². The second kappa shape index (κ2) is 12.4. The van der Waals surface area contributed by atoms with E-state index in [0.717, 1.165) is 32.1 Å². The fourth-order valence-corrected chi connectivity index (χ4v) is 6.03. The maximum Gasteiger partial charge on any atom is 0.320 e. The van der Waals surface area contributed by atoms with Gasteiger partial charge in [0.05, 0.1) is 45.1 Å². The van der Waals surface area contributed by atoms with Gasteiger partial charge in [0.1, 0.15) is 23.1 Å². The van der Waals surface area contributed by atoms with E-state index in [1.165, 1.54) is 6.07 Å². The number of urea groups is 1. The molecule has 0 fully saturated rings. The normalized spacial score (nSPS) is 11.8. The number of ether oxygens (including phenoxy) is 2. The summed E-state index contributed by atoms with van der Waals surface area (Å²) < 4.78 is 16.7. The second-order valence-corrected chi connectivity index (χ2v) is 12.9. The van der Waals surface area contributed by atoms with Gasteiger partial charge >= 0.3 is 6.03 Å². The molecule has 0 unspecified atom stereocenters. The number of nitrogens with one attached hydrogen (secondary N) is 2. The number of phenols is 1. The first-order chi connectivity index (χ1) is 21.6. The number of imidazole rings is 1. The molecule has 6 aromatic rings. The Hall–Kier alpha value is -4.58. The van der Waals surface area contributed by atoms with E-state index in [-0.39, 0.29) is 22.7 Å². The lowest BCUT2D eigenvalue weighted by molar-refractivity contribution is 0.131. The molecule has 3 aromatic heterocycles. The van der Waals surface area contributed by atoms with Crippen LogP contribution in [-0.4, -0.2) is 36.9 Å². The molecule has 2 amide bonds. The minimum Gasteiger partial charge on any atom is -0.506 e. The zero-order chi connectivity index (χ0) is 31.7. The molecule has 232 valence electrons. The summed E-state index contributed by atoms with van der Waals surface area (Å²) in [4.78, 5) is 18.6. The summed E-state index contributed by atoms with van der Waals surface area (Å²) in [6, 6.07) is 19.7. The Morgan fingerprint density at radius 2 is 1.91 bits per heavy atom. The Bertz CT molecular complexity index is 2010. The molecule has 0 aliphatic heterocycles. The Morgan fingerprint density at radius 1 is 1.09 bits per heavy atom. The third-order valence-electron chi connectivity index (χ3n) is 7.17. The van der Waals surface area contributed by atoms with Gasteiger partial charge in [0, 0.05) is 36.3 Å². The first-order valence-corrected chi connectivity index (χ1v) is 15.7. The van der Waals surface area contributed by atoms with Crippen molar-refractivity contribution in [3.05, 3.63) is 94.9 Å². The summed E-state index contributed by atoms with van der Waals surface area (Å²) in [6.45, 7) is 9.46. The minimum absolute atomic E-state index is 0.0334. The molecular formula is C33H33ClN6O4S. The fraction of sp³-hybridized carbons (Fsp3) is 0.242. The zero-order valence-electron chi connectivity index (χ0n) is 25.3. The Morgan fingerprint density at radius 3 is 2.69 bits per heavy atom. The molecule has 12 heteroatoms. The number of carbonyl (C=O) groups is 1. The van der Waals surface area contributed by atoms with Crippen molar-refractivity contribution in [2.45, 2.75) is 46.3 Å². The highest BCUT2D eigenvalue weighted by Gasteiger charge is 2.22. The van der Waals surface area contributed by atoms with E-state index in [1.807, 2.05) is 82.4 Å². The molecule has 10 nitrogen and oxygen atoms in total. The molecule has 0 bridgehead atoms. The minimum atomic E-state index is -0.414. The zero-order valence-corrected chi connectivity index (χ0v) is 26.9. The van der Waals surface area contributed by atoms with Gasteiger partial charge in [0.2, 0.25) is 0 Å². The number of para-hydroxylation sites is 1. The van der Waals surface area contributed by atoms with Gasteiger partial charge in [-0.2, -0.15) is 5.10 Å². The standard InChI is InChI=1S/C33H33ClN6O4S/c1-5-43-19-22-18-36-32-39(22)25-12-11-23(15-28(25)45-32)44-27-9-7-6-8-20(27)17-35-31(42)37-30-16-29(33(2,3)4)38-40(30)21-10-13-26(41)24(34)14-21/h6-16,18,41H,5,17,19H2,1-4H3,(H2,35,37,42). The number of benzene rings is 3. The molecular weight excluding hydrogens is 612 g/mol. The van der Waals surface area contributed by atoms with Crippen LogP contribution in [0.4, 0.5) is 10.6 Å². The van der Waals surface area contributed by atoms with E-state index in [4.69, 9.17) is 26.2 Å². The van der Waals surface area contributed by atoms with Crippen molar-refractivity contribution in [3.8, 4) is 22.9 Å². The number of anilines is 1. The molecule has 3 N–H and O–H groups in total. The number of rotatable bonds is 9. The number of nitrogens with zero attached hydrogens (tertiary/aromatic N) is 4. The lowest BCUT2D eigenvalue weighted by Crippen LogP contribution is -2.29. The molecule has 0 aliphatic carbocycles. The Balaban J connectivity index is 1.18. The molecule has 0 saturated heterocycles. The fourth-order valence-electron chi connectivity index (χ4n) is 4.80. The van der Waals surface area contributed by atoms with Crippen molar-refractivity contribution in [1.82, 2.24) is 24.5 Å². The lowest BCUT2D eigenvalue weighted by Gasteiger charge is -2.14. The summed E-state index contributed by atoms with van der Waals surface area (Å²) in [5.41, 5.74) is 3.97. The third-order valence-corrected chi connectivity index (χ3v) is 8.49. The van der Waals surface area contributed by atoms with Crippen LogP contribution in [0, 0.1) is 0 Å². The Labute approximate surface area is 269 Å². The number of aromatic nitrogens is 4. The van der Waals surface area contributed by atoms with Crippen molar-refractivity contribution >= 4 is 50.0 Å². The predicted molar refractivity (Wildman–Crippen MR) is 177 cm³/mol. The molecule has 45 heavy (non-hydrogen) atoms. The molecule has 3 aromatic carbocycles. The number of aromatic hydroxyl groups is 1. The molecule has 0 saturated carbocycles. The van der Waals surface area contributed by atoms with Crippen LogP contribution in [0.5, 0.6) is 17.2 Å². The number of thiazole rings is 1. The van der Waals surface area contributed by atoms with Crippen molar-refractivity contribution in [3.63, 3.8) is 0 Å². The van der Waals surface area contributed by atoms with E-state index in [9.17, 15) is 9.90 Å². The highest BCUT2D eigenvalue weighted by Crippen LogP contribution is 2.34. The summed E-state index contributed by atoms with van der Waals surface area (Å²) in [5.74, 6) is 1.74. The number of phenolic OH excluding ortho intramolecular Hbond substituents is 1. The molecule has 6 rings (SSSR count). The van der Waals surface area contributed by atoms with Crippen LogP contribution >= 0.6 is 22.9 Å². The molecule has 0 atom stereocenters. The Kier molecular flexibility index (Phi) is 8.41. The third kappa shape index (κ3) is 6.46. The van der Waals surface area contributed by atoms with Gasteiger partial charge in [0.25, 0.3) is 0 Å². The van der Waals surface area contributed by atoms with E-state index in [2.05, 4.69) is 20.0 Å². The first-order valence-electron chi connectivity index (χ1n) is 14.5. The van der Waals surface area contributed by atoms with E-state index in [0.29, 0.717) is 36.2 Å². The van der Waals surface area contributed by atoms with E-state index in [1.54, 1.807) is 28.2 Å². The first kappa shape index (κ1) is 30.4. The number of hydrogen-bond donors (Lipinski definition) is 3. The summed E-state index contributed by atoms with van der Waals surface area (Å²) in [5, 5.41) is 20.6. The summed E-state index contributed by atoms with van der Waals surface area (Å²) >= 11 is 7.75. The van der Waals surface area contributed by atoms with Crippen LogP contribution < -0.4 is 15.4 Å². The van der Waals surface area contributed by atoms with Crippen molar-refractivity contribution in [2.75, 3.05) is 11.9 Å². The van der Waals surface area contributed by atoms with Gasteiger partial charge in [-0.25, -0.2) is 14.5 Å². The van der Waals surface area contributed by atoms with Gasteiger partial charge in [0.15, 0.2) is 4.96 Å². The molecule has 3 heterocycles. The average Bonchev–Trinajstić information content (AvgIpc) is 3.71.